The van der Waals surface area contributed by atoms with Gasteiger partial charge < -0.3 is 5.32 Å². The Morgan fingerprint density at radius 2 is 1.90 bits per heavy atom. The molecule has 108 valence electrons. The Morgan fingerprint density at radius 3 is 2.50 bits per heavy atom. The zero-order valence-corrected chi connectivity index (χ0v) is 12.9. The highest BCUT2D eigenvalue weighted by atomic mass is 14.9. The van der Waals surface area contributed by atoms with Gasteiger partial charge in [-0.1, -0.05) is 26.8 Å². The monoisotopic (exact) mass is 270 g/mol. The second-order valence-electron chi connectivity index (χ2n) is 7.16. The van der Waals surface area contributed by atoms with Crippen molar-refractivity contribution in [2.75, 3.05) is 11.9 Å². The van der Waals surface area contributed by atoms with Gasteiger partial charge in [-0.2, -0.15) is 5.26 Å². The summed E-state index contributed by atoms with van der Waals surface area (Å²) in [6.07, 6.45) is 5.36. The minimum atomic E-state index is 0.458. The lowest BCUT2D eigenvalue weighted by Crippen LogP contribution is -2.28. The van der Waals surface area contributed by atoms with Crippen molar-refractivity contribution >= 4 is 5.69 Å². The molecule has 1 saturated carbocycles. The van der Waals surface area contributed by atoms with Crippen molar-refractivity contribution in [1.29, 1.82) is 5.26 Å². The van der Waals surface area contributed by atoms with Crippen LogP contribution >= 0.6 is 0 Å². The molecule has 2 rings (SSSR count). The fraction of sp³-hybridized carbons (Fsp3) is 0.611. The minimum absolute atomic E-state index is 0.458. The summed E-state index contributed by atoms with van der Waals surface area (Å²) in [4.78, 5) is 0. The largest absolute Gasteiger partial charge is 0.385 e. The predicted octanol–water partition coefficient (Wildman–Crippen LogP) is 4.82. The maximum absolute atomic E-state index is 8.91. The van der Waals surface area contributed by atoms with Gasteiger partial charge in [-0.3, -0.25) is 0 Å². The number of nitriles is 1. The van der Waals surface area contributed by atoms with Gasteiger partial charge in [-0.25, -0.2) is 0 Å². The molecule has 0 aromatic heterocycles. The van der Waals surface area contributed by atoms with Gasteiger partial charge >= 0.3 is 0 Å². The molecule has 0 saturated heterocycles. The third-order valence-electron chi connectivity index (χ3n) is 4.66. The quantitative estimate of drug-likeness (QED) is 0.854. The van der Waals surface area contributed by atoms with Crippen LogP contribution < -0.4 is 5.32 Å². The molecule has 0 atom stereocenters. The van der Waals surface area contributed by atoms with Gasteiger partial charge in [0.15, 0.2) is 0 Å². The Morgan fingerprint density at radius 1 is 1.20 bits per heavy atom. The molecule has 1 aromatic rings. The highest BCUT2D eigenvalue weighted by Crippen LogP contribution is 2.39. The molecule has 0 unspecified atom stereocenters. The van der Waals surface area contributed by atoms with Crippen LogP contribution in [0.3, 0.4) is 0 Å². The fourth-order valence-corrected chi connectivity index (χ4v) is 3.19. The van der Waals surface area contributed by atoms with E-state index in [-0.39, 0.29) is 0 Å². The minimum Gasteiger partial charge on any atom is -0.385 e. The van der Waals surface area contributed by atoms with Gasteiger partial charge in [-0.05, 0) is 61.1 Å². The summed E-state index contributed by atoms with van der Waals surface area (Å²) in [6.45, 7) is 8.13. The molecule has 0 aliphatic heterocycles. The number of benzene rings is 1. The lowest BCUT2D eigenvalue weighted by atomic mass is 9.70. The van der Waals surface area contributed by atoms with E-state index in [2.05, 4.69) is 32.2 Å². The summed E-state index contributed by atoms with van der Waals surface area (Å²) in [7, 11) is 0. The summed E-state index contributed by atoms with van der Waals surface area (Å²) in [6, 6.07) is 9.95. The molecule has 0 spiro atoms. The van der Waals surface area contributed by atoms with E-state index in [9.17, 15) is 0 Å². The van der Waals surface area contributed by atoms with Gasteiger partial charge in [-0.15, -0.1) is 0 Å². The van der Waals surface area contributed by atoms with Crippen molar-refractivity contribution in [2.24, 2.45) is 17.3 Å². The van der Waals surface area contributed by atoms with Gasteiger partial charge in [0.05, 0.1) is 11.6 Å². The normalized spacial score (nSPS) is 23.1. The standard InChI is InChI=1S/C18H26N2/c1-18(2,3)16-9-7-14(8-10-16)13-20-17-6-4-5-15(11-17)12-19/h4-6,11,14,16,20H,7-10,13H2,1-3H3. The first-order chi connectivity index (χ1) is 9.49. The third-order valence-corrected chi connectivity index (χ3v) is 4.66. The molecule has 2 nitrogen and oxygen atoms in total. The SMILES string of the molecule is CC(C)(C)C1CCC(CNc2cccc(C#N)c2)CC1. The summed E-state index contributed by atoms with van der Waals surface area (Å²) in [5, 5.41) is 12.4. The van der Waals surface area contributed by atoms with Crippen LogP contribution in [0.25, 0.3) is 0 Å². The average Bonchev–Trinajstić information content (AvgIpc) is 2.45. The van der Waals surface area contributed by atoms with E-state index in [4.69, 9.17) is 5.26 Å². The third kappa shape index (κ3) is 4.00. The zero-order valence-electron chi connectivity index (χ0n) is 12.9. The van der Waals surface area contributed by atoms with Crippen molar-refractivity contribution in [1.82, 2.24) is 0 Å². The first kappa shape index (κ1) is 14.9. The smallest absolute Gasteiger partial charge is 0.0992 e. The number of anilines is 1. The molecular formula is C18H26N2. The molecule has 2 heteroatoms. The Balaban J connectivity index is 1.80. The Kier molecular flexibility index (Phi) is 4.70. The first-order valence-corrected chi connectivity index (χ1v) is 7.73. The van der Waals surface area contributed by atoms with Crippen molar-refractivity contribution in [2.45, 2.75) is 46.5 Å². The number of hydrogen-bond acceptors (Lipinski definition) is 2. The number of nitrogens with zero attached hydrogens (tertiary/aromatic N) is 1. The molecule has 0 bridgehead atoms. The van der Waals surface area contributed by atoms with E-state index in [0.29, 0.717) is 5.41 Å². The van der Waals surface area contributed by atoms with Crippen molar-refractivity contribution in [3.63, 3.8) is 0 Å². The fourth-order valence-electron chi connectivity index (χ4n) is 3.19. The van der Waals surface area contributed by atoms with E-state index < -0.39 is 0 Å². The van der Waals surface area contributed by atoms with Gasteiger partial charge in [0.2, 0.25) is 0 Å². The van der Waals surface area contributed by atoms with Crippen LogP contribution in [0, 0.1) is 28.6 Å². The van der Waals surface area contributed by atoms with Crippen LogP contribution in [-0.4, -0.2) is 6.54 Å². The molecule has 1 aliphatic rings. The van der Waals surface area contributed by atoms with E-state index >= 15 is 0 Å². The van der Waals surface area contributed by atoms with Gasteiger partial charge in [0.1, 0.15) is 0 Å². The summed E-state index contributed by atoms with van der Waals surface area (Å²) < 4.78 is 0. The summed E-state index contributed by atoms with van der Waals surface area (Å²) in [5.74, 6) is 1.65. The van der Waals surface area contributed by atoms with Crippen LogP contribution in [0.15, 0.2) is 24.3 Å². The van der Waals surface area contributed by atoms with E-state index in [1.165, 1.54) is 25.7 Å². The molecular weight excluding hydrogens is 244 g/mol. The van der Waals surface area contributed by atoms with Crippen LogP contribution in [0.4, 0.5) is 5.69 Å². The summed E-state index contributed by atoms with van der Waals surface area (Å²) in [5.41, 5.74) is 2.26. The average molecular weight is 270 g/mol. The van der Waals surface area contributed by atoms with Crippen LogP contribution in [0.5, 0.6) is 0 Å². The Hall–Kier alpha value is -1.49. The van der Waals surface area contributed by atoms with Gasteiger partial charge in [0.25, 0.3) is 0 Å². The number of nitrogens with one attached hydrogen (secondary N) is 1. The molecule has 1 fully saturated rings. The number of rotatable bonds is 3. The van der Waals surface area contributed by atoms with E-state index in [1.54, 1.807) is 0 Å². The second-order valence-corrected chi connectivity index (χ2v) is 7.16. The van der Waals surface area contributed by atoms with Crippen molar-refractivity contribution in [3.8, 4) is 6.07 Å². The predicted molar refractivity (Wildman–Crippen MR) is 84.5 cm³/mol. The van der Waals surface area contributed by atoms with Crippen LogP contribution in [-0.2, 0) is 0 Å². The topological polar surface area (TPSA) is 35.8 Å². The molecule has 1 N–H and O–H groups in total. The van der Waals surface area contributed by atoms with E-state index in [1.807, 2.05) is 24.3 Å². The second kappa shape index (κ2) is 6.31. The molecule has 1 aromatic carbocycles. The highest BCUT2D eigenvalue weighted by molar-refractivity contribution is 5.49. The highest BCUT2D eigenvalue weighted by Gasteiger charge is 2.29. The van der Waals surface area contributed by atoms with Gasteiger partial charge in [0, 0.05) is 12.2 Å². The molecule has 0 amide bonds. The van der Waals surface area contributed by atoms with Crippen molar-refractivity contribution in [3.05, 3.63) is 29.8 Å². The maximum atomic E-state index is 8.91. The molecule has 0 heterocycles. The van der Waals surface area contributed by atoms with Crippen LogP contribution in [0.2, 0.25) is 0 Å². The lowest BCUT2D eigenvalue weighted by molar-refractivity contribution is 0.153. The molecule has 1 aliphatic carbocycles. The molecule has 20 heavy (non-hydrogen) atoms. The van der Waals surface area contributed by atoms with Crippen LogP contribution in [0.1, 0.15) is 52.0 Å². The Labute approximate surface area is 123 Å². The van der Waals surface area contributed by atoms with E-state index in [0.717, 1.165) is 29.6 Å². The zero-order chi connectivity index (χ0) is 14.6. The Bertz CT molecular complexity index is 471. The number of hydrogen-bond donors (Lipinski definition) is 1. The first-order valence-electron chi connectivity index (χ1n) is 7.73. The van der Waals surface area contributed by atoms with Crippen molar-refractivity contribution < 1.29 is 0 Å². The lowest BCUT2D eigenvalue weighted by Gasteiger charge is -2.37. The maximum Gasteiger partial charge on any atom is 0.0992 e. The summed E-state index contributed by atoms with van der Waals surface area (Å²) >= 11 is 0. The molecule has 0 radical (unpaired) electrons.